The highest BCUT2D eigenvalue weighted by Gasteiger charge is 2.38. The number of hydrogen-bond acceptors (Lipinski definition) is 8. The number of aliphatic hydroxyl groups excluding tert-OH is 5. The van der Waals surface area contributed by atoms with Gasteiger partial charge in [0.2, 0.25) is 0 Å². The van der Waals surface area contributed by atoms with Crippen LogP contribution < -0.4 is 0 Å². The maximum absolute atomic E-state index is 11.1. The van der Waals surface area contributed by atoms with Crippen molar-refractivity contribution < 1.29 is 39.9 Å². The molecule has 0 amide bonds. The third-order valence-electron chi connectivity index (χ3n) is 2.28. The quantitative estimate of drug-likeness (QED) is 0.305. The highest BCUT2D eigenvalue weighted by Crippen LogP contribution is 2.12. The van der Waals surface area contributed by atoms with Crippen molar-refractivity contribution in [3.8, 4) is 0 Å². The Kier molecular flexibility index (Phi) is 6.96. The average Bonchev–Trinajstić information content (AvgIpc) is 2.31. The zero-order chi connectivity index (χ0) is 14.5. The van der Waals surface area contributed by atoms with Gasteiger partial charge in [0.25, 0.3) is 0 Å². The zero-order valence-electron chi connectivity index (χ0n) is 10.1. The number of Topliss-reactive ketones (excluding diaryl/α,β-unsaturated/α-hetero) is 1. The first-order valence-electron chi connectivity index (χ1n) is 5.23. The standard InChI is InChI=1S/C10H18O8/c1-4(12)10(18-5(2)13)9(17)8(16)7(15)6(14)3-11/h6-11,14-17H,3H2,1-2H3/t6-,7-,8+,9-,10?/m1/s1. The Hall–Kier alpha value is -1.06. The van der Waals surface area contributed by atoms with E-state index in [2.05, 4.69) is 4.74 Å². The van der Waals surface area contributed by atoms with Gasteiger partial charge in [-0.25, -0.2) is 0 Å². The lowest BCUT2D eigenvalue weighted by atomic mass is 9.97. The van der Waals surface area contributed by atoms with Gasteiger partial charge in [0.15, 0.2) is 11.9 Å². The summed E-state index contributed by atoms with van der Waals surface area (Å²) in [7, 11) is 0. The first-order valence-corrected chi connectivity index (χ1v) is 5.23. The Morgan fingerprint density at radius 2 is 1.50 bits per heavy atom. The van der Waals surface area contributed by atoms with Gasteiger partial charge in [-0.2, -0.15) is 0 Å². The van der Waals surface area contributed by atoms with E-state index in [0.29, 0.717) is 0 Å². The van der Waals surface area contributed by atoms with Crippen molar-refractivity contribution in [3.05, 3.63) is 0 Å². The smallest absolute Gasteiger partial charge is 0.303 e. The fourth-order valence-electron chi connectivity index (χ4n) is 1.29. The van der Waals surface area contributed by atoms with Crippen LogP contribution in [-0.4, -0.2) is 74.4 Å². The van der Waals surface area contributed by atoms with Gasteiger partial charge in [0.1, 0.15) is 24.4 Å². The molecule has 0 bridgehead atoms. The van der Waals surface area contributed by atoms with Crippen LogP contribution in [0, 0.1) is 0 Å². The van der Waals surface area contributed by atoms with Crippen molar-refractivity contribution in [2.24, 2.45) is 0 Å². The molecule has 18 heavy (non-hydrogen) atoms. The molecule has 0 aromatic heterocycles. The van der Waals surface area contributed by atoms with Gasteiger partial charge in [-0.3, -0.25) is 9.59 Å². The minimum atomic E-state index is -1.96. The second-order valence-corrected chi connectivity index (χ2v) is 3.86. The van der Waals surface area contributed by atoms with Crippen molar-refractivity contribution in [2.45, 2.75) is 44.4 Å². The van der Waals surface area contributed by atoms with Crippen LogP contribution in [0.5, 0.6) is 0 Å². The minimum Gasteiger partial charge on any atom is -0.452 e. The van der Waals surface area contributed by atoms with E-state index in [0.717, 1.165) is 13.8 Å². The molecule has 5 atom stereocenters. The van der Waals surface area contributed by atoms with E-state index in [-0.39, 0.29) is 0 Å². The van der Waals surface area contributed by atoms with E-state index in [1.54, 1.807) is 0 Å². The molecule has 0 saturated heterocycles. The van der Waals surface area contributed by atoms with E-state index in [4.69, 9.17) is 10.2 Å². The lowest BCUT2D eigenvalue weighted by molar-refractivity contribution is -0.174. The monoisotopic (exact) mass is 266 g/mol. The summed E-state index contributed by atoms with van der Waals surface area (Å²) in [5.74, 6) is -1.58. The number of carbonyl (C=O) groups is 2. The molecule has 8 nitrogen and oxygen atoms in total. The van der Waals surface area contributed by atoms with E-state index in [1.165, 1.54) is 0 Å². The van der Waals surface area contributed by atoms with Crippen LogP contribution in [0.1, 0.15) is 13.8 Å². The van der Waals surface area contributed by atoms with Crippen LogP contribution >= 0.6 is 0 Å². The number of rotatable bonds is 7. The molecule has 0 aliphatic heterocycles. The normalized spacial score (nSPS) is 19.5. The first kappa shape index (κ1) is 16.9. The maximum Gasteiger partial charge on any atom is 0.303 e. The van der Waals surface area contributed by atoms with E-state index in [1.807, 2.05) is 0 Å². The van der Waals surface area contributed by atoms with Crippen molar-refractivity contribution in [1.82, 2.24) is 0 Å². The van der Waals surface area contributed by atoms with Gasteiger partial charge in [0.05, 0.1) is 6.61 Å². The molecule has 1 unspecified atom stereocenters. The summed E-state index contributed by atoms with van der Waals surface area (Å²) in [5, 5.41) is 46.1. The summed E-state index contributed by atoms with van der Waals surface area (Å²) < 4.78 is 4.50. The second-order valence-electron chi connectivity index (χ2n) is 3.86. The molecule has 0 aliphatic carbocycles. The Morgan fingerprint density at radius 1 is 1.00 bits per heavy atom. The third kappa shape index (κ3) is 4.67. The van der Waals surface area contributed by atoms with Crippen molar-refractivity contribution in [1.29, 1.82) is 0 Å². The Bertz CT molecular complexity index is 292. The van der Waals surface area contributed by atoms with Crippen LogP contribution in [0.15, 0.2) is 0 Å². The van der Waals surface area contributed by atoms with Gasteiger partial charge < -0.3 is 30.3 Å². The van der Waals surface area contributed by atoms with Gasteiger partial charge in [0, 0.05) is 6.92 Å². The topological polar surface area (TPSA) is 145 Å². The summed E-state index contributed by atoms with van der Waals surface area (Å²) >= 11 is 0. The molecule has 0 rings (SSSR count). The molecule has 0 heterocycles. The molecule has 0 aliphatic rings. The molecule has 106 valence electrons. The Morgan fingerprint density at radius 3 is 1.83 bits per heavy atom. The predicted molar refractivity (Wildman–Crippen MR) is 57.3 cm³/mol. The summed E-state index contributed by atoms with van der Waals surface area (Å²) in [4.78, 5) is 21.9. The van der Waals surface area contributed by atoms with Gasteiger partial charge in [-0.05, 0) is 6.92 Å². The highest BCUT2D eigenvalue weighted by atomic mass is 16.6. The first-order chi connectivity index (χ1) is 8.22. The number of hydrogen-bond donors (Lipinski definition) is 5. The van der Waals surface area contributed by atoms with E-state index >= 15 is 0 Å². The SMILES string of the molecule is CC(=O)OC(C(C)=O)[C@H](O)[C@@H](O)[C@H](O)[C@H](O)CO. The van der Waals surface area contributed by atoms with Gasteiger partial charge >= 0.3 is 5.97 Å². The van der Waals surface area contributed by atoms with E-state index < -0.39 is 48.9 Å². The number of ether oxygens (including phenoxy) is 1. The van der Waals surface area contributed by atoms with Crippen molar-refractivity contribution in [2.75, 3.05) is 6.61 Å². The Labute approximate surface area is 103 Å². The minimum absolute atomic E-state index is 0.734. The fraction of sp³-hybridized carbons (Fsp3) is 0.800. The summed E-state index contributed by atoms with van der Waals surface area (Å²) in [6.07, 6.45) is -9.11. The predicted octanol–water partition coefficient (Wildman–Crippen LogP) is -3.06. The second kappa shape index (κ2) is 7.39. The zero-order valence-corrected chi connectivity index (χ0v) is 10.1. The number of aliphatic hydroxyl groups is 5. The largest absolute Gasteiger partial charge is 0.452 e. The Balaban J connectivity index is 4.80. The van der Waals surface area contributed by atoms with Crippen LogP contribution in [0.4, 0.5) is 0 Å². The maximum atomic E-state index is 11.1. The molecule has 0 spiro atoms. The van der Waals surface area contributed by atoms with Crippen LogP contribution in [0.25, 0.3) is 0 Å². The number of esters is 1. The summed E-state index contributed by atoms with van der Waals surface area (Å²) in [5.41, 5.74) is 0. The molecular formula is C10H18O8. The lowest BCUT2D eigenvalue weighted by Crippen LogP contribution is -2.52. The number of carbonyl (C=O) groups excluding carboxylic acids is 2. The summed E-state index contributed by atoms with van der Waals surface area (Å²) in [6, 6.07) is 0. The molecule has 8 heteroatoms. The van der Waals surface area contributed by atoms with Crippen LogP contribution in [-0.2, 0) is 14.3 Å². The molecular weight excluding hydrogens is 248 g/mol. The lowest BCUT2D eigenvalue weighted by Gasteiger charge is -2.29. The third-order valence-corrected chi connectivity index (χ3v) is 2.28. The molecule has 5 N–H and O–H groups in total. The van der Waals surface area contributed by atoms with Crippen LogP contribution in [0.2, 0.25) is 0 Å². The molecule has 0 aromatic rings. The van der Waals surface area contributed by atoms with Crippen molar-refractivity contribution >= 4 is 11.8 Å². The molecule has 0 saturated carbocycles. The van der Waals surface area contributed by atoms with E-state index in [9.17, 15) is 24.9 Å². The summed E-state index contributed by atoms with van der Waals surface area (Å²) in [6.45, 7) is 1.19. The van der Waals surface area contributed by atoms with Crippen molar-refractivity contribution in [3.63, 3.8) is 0 Å². The molecule has 0 aromatic carbocycles. The average molecular weight is 266 g/mol. The highest BCUT2D eigenvalue weighted by molar-refractivity contribution is 5.83. The fourth-order valence-corrected chi connectivity index (χ4v) is 1.29. The van der Waals surface area contributed by atoms with Crippen LogP contribution in [0.3, 0.4) is 0 Å². The number of ketones is 1. The van der Waals surface area contributed by atoms with Gasteiger partial charge in [-0.15, -0.1) is 0 Å². The molecule has 0 fully saturated rings. The molecule has 0 radical (unpaired) electrons. The van der Waals surface area contributed by atoms with Gasteiger partial charge in [-0.1, -0.05) is 0 Å².